The van der Waals surface area contributed by atoms with Gasteiger partial charge in [0, 0.05) is 26.3 Å². The number of hydrogen-bond acceptors (Lipinski definition) is 3. The first kappa shape index (κ1) is 18.2. The molecular weight excluding hydrogens is 312 g/mol. The van der Waals surface area contributed by atoms with Crippen molar-refractivity contribution < 1.29 is 9.53 Å². The van der Waals surface area contributed by atoms with E-state index in [0.29, 0.717) is 5.92 Å². The predicted molar refractivity (Wildman–Crippen MR) is 93.8 cm³/mol. The number of benzene rings is 1. The van der Waals surface area contributed by atoms with E-state index in [1.54, 1.807) is 0 Å². The molecule has 2 aliphatic rings. The van der Waals surface area contributed by atoms with Crippen LogP contribution in [0.25, 0.3) is 0 Å². The van der Waals surface area contributed by atoms with E-state index in [1.165, 1.54) is 5.56 Å². The van der Waals surface area contributed by atoms with Crippen LogP contribution < -0.4 is 5.73 Å². The van der Waals surface area contributed by atoms with Crippen LogP contribution in [0.15, 0.2) is 30.3 Å². The number of likely N-dealkylation sites (tertiary alicyclic amines) is 1. The number of amides is 1. The van der Waals surface area contributed by atoms with Crippen LogP contribution in [0.3, 0.4) is 0 Å². The Morgan fingerprint density at radius 1 is 1.09 bits per heavy atom. The number of piperidine rings is 1. The van der Waals surface area contributed by atoms with Gasteiger partial charge in [0.1, 0.15) is 0 Å². The smallest absolute Gasteiger partial charge is 0.239 e. The second-order valence-electron chi connectivity index (χ2n) is 6.49. The Morgan fingerprint density at radius 2 is 1.70 bits per heavy atom. The molecular formula is C18H27ClN2O2. The minimum Gasteiger partial charge on any atom is -0.381 e. The number of carbonyl (C=O) groups is 1. The van der Waals surface area contributed by atoms with Crippen molar-refractivity contribution in [1.29, 1.82) is 0 Å². The van der Waals surface area contributed by atoms with E-state index in [4.69, 9.17) is 10.5 Å². The Bertz CT molecular complexity index is 483. The monoisotopic (exact) mass is 338 g/mol. The molecule has 1 amide bonds. The van der Waals surface area contributed by atoms with Gasteiger partial charge in [-0.2, -0.15) is 0 Å². The maximum atomic E-state index is 12.6. The summed E-state index contributed by atoms with van der Waals surface area (Å²) in [6.45, 7) is 3.13. The second kappa shape index (κ2) is 8.67. The van der Waals surface area contributed by atoms with Gasteiger partial charge in [-0.25, -0.2) is 0 Å². The summed E-state index contributed by atoms with van der Waals surface area (Å²) in [6, 6.07) is 10.3. The van der Waals surface area contributed by atoms with E-state index >= 15 is 0 Å². The van der Waals surface area contributed by atoms with Gasteiger partial charge in [-0.3, -0.25) is 4.79 Å². The molecule has 0 saturated carbocycles. The molecule has 0 bridgehead atoms. The summed E-state index contributed by atoms with van der Waals surface area (Å²) in [5.74, 6) is 0.996. The van der Waals surface area contributed by atoms with Crippen LogP contribution in [0.2, 0.25) is 0 Å². The third kappa shape index (κ3) is 4.46. The molecule has 128 valence electrons. The van der Waals surface area contributed by atoms with E-state index in [9.17, 15) is 4.79 Å². The summed E-state index contributed by atoms with van der Waals surface area (Å²) in [4.78, 5) is 14.6. The number of ether oxygens (including phenoxy) is 1. The van der Waals surface area contributed by atoms with Crippen LogP contribution in [-0.2, 0) is 9.53 Å². The highest BCUT2D eigenvalue weighted by molar-refractivity contribution is 5.85. The van der Waals surface area contributed by atoms with Gasteiger partial charge in [-0.05, 0) is 43.1 Å². The van der Waals surface area contributed by atoms with E-state index in [1.807, 2.05) is 4.90 Å². The third-order valence-corrected chi connectivity index (χ3v) is 5.14. The molecule has 2 aliphatic heterocycles. The molecule has 2 N–H and O–H groups in total. The minimum atomic E-state index is -0.350. The molecule has 1 unspecified atom stereocenters. The van der Waals surface area contributed by atoms with Crippen LogP contribution in [-0.4, -0.2) is 43.2 Å². The third-order valence-electron chi connectivity index (χ3n) is 5.14. The van der Waals surface area contributed by atoms with Crippen molar-refractivity contribution in [2.45, 2.75) is 37.6 Å². The average Bonchev–Trinajstić information content (AvgIpc) is 2.62. The molecule has 2 fully saturated rings. The Labute approximate surface area is 144 Å². The van der Waals surface area contributed by atoms with Crippen molar-refractivity contribution in [3.05, 3.63) is 35.9 Å². The fourth-order valence-corrected chi connectivity index (χ4v) is 3.65. The lowest BCUT2D eigenvalue weighted by Crippen LogP contribution is -2.51. The van der Waals surface area contributed by atoms with Gasteiger partial charge < -0.3 is 15.4 Å². The van der Waals surface area contributed by atoms with Crippen molar-refractivity contribution in [1.82, 2.24) is 4.90 Å². The van der Waals surface area contributed by atoms with Crippen molar-refractivity contribution in [3.63, 3.8) is 0 Å². The van der Waals surface area contributed by atoms with Crippen molar-refractivity contribution in [2.75, 3.05) is 26.3 Å². The zero-order chi connectivity index (χ0) is 15.4. The summed E-state index contributed by atoms with van der Waals surface area (Å²) >= 11 is 0. The standard InChI is InChI=1S/C18H26N2O2.ClH/c19-17(16-8-12-22-13-9-16)18(21)20-10-6-15(7-11-20)14-4-2-1-3-5-14;/h1-5,15-17H,6-13,19H2;1H. The Hall–Kier alpha value is -1.10. The Morgan fingerprint density at radius 3 is 2.30 bits per heavy atom. The normalized spacial score (nSPS) is 21.5. The molecule has 0 radical (unpaired) electrons. The van der Waals surface area contributed by atoms with Crippen LogP contribution in [0.5, 0.6) is 0 Å². The summed E-state index contributed by atoms with van der Waals surface area (Å²) in [5.41, 5.74) is 7.61. The largest absolute Gasteiger partial charge is 0.381 e. The molecule has 5 heteroatoms. The highest BCUT2D eigenvalue weighted by atomic mass is 35.5. The molecule has 0 spiro atoms. The molecule has 0 aromatic heterocycles. The minimum absolute atomic E-state index is 0. The molecule has 1 aromatic carbocycles. The first-order valence-electron chi connectivity index (χ1n) is 8.43. The van der Waals surface area contributed by atoms with Crippen LogP contribution in [0.1, 0.15) is 37.2 Å². The summed E-state index contributed by atoms with van der Waals surface area (Å²) < 4.78 is 5.36. The number of nitrogens with two attached hydrogens (primary N) is 1. The summed E-state index contributed by atoms with van der Waals surface area (Å²) in [6.07, 6.45) is 3.90. The number of nitrogens with zero attached hydrogens (tertiary/aromatic N) is 1. The molecule has 0 aliphatic carbocycles. The number of halogens is 1. The van der Waals surface area contributed by atoms with E-state index in [-0.39, 0.29) is 30.3 Å². The van der Waals surface area contributed by atoms with Gasteiger partial charge in [0.25, 0.3) is 0 Å². The molecule has 4 nitrogen and oxygen atoms in total. The number of rotatable bonds is 3. The fourth-order valence-electron chi connectivity index (χ4n) is 3.65. The van der Waals surface area contributed by atoms with E-state index in [0.717, 1.165) is 52.0 Å². The first-order valence-corrected chi connectivity index (χ1v) is 8.43. The van der Waals surface area contributed by atoms with Gasteiger partial charge in [0.15, 0.2) is 0 Å². The molecule has 2 saturated heterocycles. The van der Waals surface area contributed by atoms with Crippen LogP contribution in [0, 0.1) is 5.92 Å². The number of hydrogen-bond donors (Lipinski definition) is 1. The summed E-state index contributed by atoms with van der Waals surface area (Å²) in [5, 5.41) is 0. The van der Waals surface area contributed by atoms with Crippen molar-refractivity contribution in [2.24, 2.45) is 11.7 Å². The van der Waals surface area contributed by atoms with Gasteiger partial charge in [0.2, 0.25) is 5.91 Å². The summed E-state index contributed by atoms with van der Waals surface area (Å²) in [7, 11) is 0. The molecule has 1 atom stereocenters. The van der Waals surface area contributed by atoms with Crippen LogP contribution in [0.4, 0.5) is 0 Å². The maximum Gasteiger partial charge on any atom is 0.239 e. The zero-order valence-corrected chi connectivity index (χ0v) is 14.3. The van der Waals surface area contributed by atoms with E-state index in [2.05, 4.69) is 30.3 Å². The molecule has 2 heterocycles. The van der Waals surface area contributed by atoms with E-state index < -0.39 is 0 Å². The highest BCUT2D eigenvalue weighted by Crippen LogP contribution is 2.28. The van der Waals surface area contributed by atoms with Gasteiger partial charge in [0.05, 0.1) is 6.04 Å². The topological polar surface area (TPSA) is 55.6 Å². The predicted octanol–water partition coefficient (Wildman–Crippen LogP) is 2.57. The lowest BCUT2D eigenvalue weighted by molar-refractivity contribution is -0.135. The molecule has 23 heavy (non-hydrogen) atoms. The first-order chi connectivity index (χ1) is 10.8. The average molecular weight is 339 g/mol. The highest BCUT2D eigenvalue weighted by Gasteiger charge is 2.32. The second-order valence-corrected chi connectivity index (χ2v) is 6.49. The van der Waals surface area contributed by atoms with Gasteiger partial charge in [-0.1, -0.05) is 30.3 Å². The number of carbonyl (C=O) groups excluding carboxylic acids is 1. The SMILES string of the molecule is Cl.NC(C(=O)N1CCC(c2ccccc2)CC1)C1CCOCC1. The molecule has 1 aromatic rings. The fraction of sp³-hybridized carbons (Fsp3) is 0.611. The lowest BCUT2D eigenvalue weighted by Gasteiger charge is -2.36. The van der Waals surface area contributed by atoms with Crippen LogP contribution >= 0.6 is 12.4 Å². The Kier molecular flexibility index (Phi) is 6.88. The van der Waals surface area contributed by atoms with Gasteiger partial charge >= 0.3 is 0 Å². The maximum absolute atomic E-state index is 12.6. The van der Waals surface area contributed by atoms with Gasteiger partial charge in [-0.15, -0.1) is 12.4 Å². The van der Waals surface area contributed by atoms with Crippen molar-refractivity contribution in [3.8, 4) is 0 Å². The van der Waals surface area contributed by atoms with Crippen molar-refractivity contribution >= 4 is 18.3 Å². The Balaban J connectivity index is 0.00000192. The zero-order valence-electron chi connectivity index (χ0n) is 13.5. The lowest BCUT2D eigenvalue weighted by atomic mass is 9.87. The molecule has 3 rings (SSSR count). The quantitative estimate of drug-likeness (QED) is 0.921.